The van der Waals surface area contributed by atoms with E-state index < -0.39 is 62.6 Å². The third-order valence-corrected chi connectivity index (χ3v) is 8.36. The van der Waals surface area contributed by atoms with Gasteiger partial charge in [-0.15, -0.1) is 13.2 Å². The minimum atomic E-state index is -4.90. The average molecular weight is 587 g/mol. The molecule has 1 fully saturated rings. The number of halogens is 4. The van der Waals surface area contributed by atoms with Crippen molar-refractivity contribution in [1.29, 1.82) is 0 Å². The Bertz CT molecular complexity index is 1540. The Balaban J connectivity index is 1.56. The zero-order chi connectivity index (χ0) is 28.9. The molecule has 2 aliphatic rings. The smallest absolute Gasteiger partial charge is 0.406 e. The van der Waals surface area contributed by atoms with Gasteiger partial charge in [0.05, 0.1) is 41.1 Å². The highest BCUT2D eigenvalue weighted by molar-refractivity contribution is 7.91. The number of carbonyl (C=O) groups is 1. The molecule has 1 unspecified atom stereocenters. The van der Waals surface area contributed by atoms with E-state index >= 15 is 4.39 Å². The topological polar surface area (TPSA) is 158 Å². The Morgan fingerprint density at radius 2 is 1.95 bits per heavy atom. The summed E-state index contributed by atoms with van der Waals surface area (Å²) >= 11 is 0. The minimum Gasteiger partial charge on any atom is -0.406 e. The van der Waals surface area contributed by atoms with Crippen LogP contribution in [-0.2, 0) is 31.5 Å². The van der Waals surface area contributed by atoms with E-state index in [0.29, 0.717) is 25.0 Å². The van der Waals surface area contributed by atoms with Crippen LogP contribution in [0.25, 0.3) is 11.4 Å². The molecular weight excluding hydrogens is 564 g/mol. The summed E-state index contributed by atoms with van der Waals surface area (Å²) in [5, 5.41) is 13.6. The van der Waals surface area contributed by atoms with Gasteiger partial charge in [-0.05, 0) is 42.7 Å². The van der Waals surface area contributed by atoms with E-state index in [1.54, 1.807) is 0 Å². The van der Waals surface area contributed by atoms with Crippen LogP contribution in [0.15, 0.2) is 45.8 Å². The Kier molecular flexibility index (Phi) is 7.06. The number of amides is 1. The van der Waals surface area contributed by atoms with Crippen LogP contribution in [0.3, 0.4) is 0 Å². The van der Waals surface area contributed by atoms with Crippen molar-refractivity contribution < 1.29 is 49.9 Å². The quantitative estimate of drug-likeness (QED) is 0.411. The molecule has 5 rings (SSSR count). The third kappa shape index (κ3) is 5.26. The van der Waals surface area contributed by atoms with Crippen LogP contribution < -0.4 is 15.4 Å². The Morgan fingerprint density at radius 1 is 1.23 bits per heavy atom. The summed E-state index contributed by atoms with van der Waals surface area (Å²) in [6.07, 6.45) is -3.91. The van der Waals surface area contributed by atoms with Gasteiger partial charge in [-0.2, -0.15) is 4.98 Å². The van der Waals surface area contributed by atoms with Crippen molar-refractivity contribution in [1.82, 2.24) is 10.1 Å². The van der Waals surface area contributed by atoms with Gasteiger partial charge < -0.3 is 29.7 Å². The first-order valence-electron chi connectivity index (χ1n) is 11.9. The second-order valence-electron chi connectivity index (χ2n) is 9.33. The van der Waals surface area contributed by atoms with Crippen molar-refractivity contribution in [3.63, 3.8) is 0 Å². The zero-order valence-electron chi connectivity index (χ0n) is 20.5. The second kappa shape index (κ2) is 10.1. The molecule has 214 valence electrons. The number of ether oxygens (including phenoxy) is 2. The van der Waals surface area contributed by atoms with Crippen molar-refractivity contribution in [3.8, 4) is 17.1 Å². The monoisotopic (exact) mass is 586 g/mol. The van der Waals surface area contributed by atoms with Gasteiger partial charge in [-0.3, -0.25) is 4.79 Å². The Hall–Kier alpha value is -3.60. The number of hydrogen-bond acceptors (Lipinski definition) is 10. The molecule has 3 heterocycles. The molecule has 1 aromatic heterocycles. The standard InChI is InChI=1S/C24H22F4N4O7S/c25-16-9-19-18(8-15(16)20-30-22(39-31-20)23(12-33)6-1-7-37-23)32(21(34)17(29)11-40(19,35)36)10-13-2-4-14(5-3-13)38-24(26,27)28/h2-5,8-9,17,33H,1,6-7,10-12,29H2/t17-,23?/m0/s1. The first-order valence-corrected chi connectivity index (χ1v) is 13.5. The fourth-order valence-corrected chi connectivity index (χ4v) is 6.18. The van der Waals surface area contributed by atoms with Crippen LogP contribution in [0.2, 0.25) is 0 Å². The van der Waals surface area contributed by atoms with Gasteiger partial charge >= 0.3 is 6.36 Å². The molecule has 2 aliphatic heterocycles. The number of nitrogens with two attached hydrogens (primary N) is 1. The maximum atomic E-state index is 15.3. The first kappa shape index (κ1) is 27.9. The molecule has 0 radical (unpaired) electrons. The predicted octanol–water partition coefficient (Wildman–Crippen LogP) is 2.42. The van der Waals surface area contributed by atoms with E-state index in [-0.39, 0.29) is 29.5 Å². The number of aliphatic hydroxyl groups is 1. The summed E-state index contributed by atoms with van der Waals surface area (Å²) in [6, 6.07) is 4.86. The zero-order valence-corrected chi connectivity index (χ0v) is 21.3. The fourth-order valence-electron chi connectivity index (χ4n) is 4.61. The number of anilines is 1. The number of hydrogen-bond donors (Lipinski definition) is 2. The van der Waals surface area contributed by atoms with Gasteiger partial charge in [0.25, 0.3) is 5.89 Å². The lowest BCUT2D eigenvalue weighted by atomic mass is 10.0. The molecule has 0 saturated carbocycles. The highest BCUT2D eigenvalue weighted by atomic mass is 32.2. The number of rotatable bonds is 6. The van der Waals surface area contributed by atoms with Gasteiger partial charge in [0.2, 0.25) is 11.7 Å². The summed E-state index contributed by atoms with van der Waals surface area (Å²) in [5.41, 5.74) is 4.38. The molecule has 0 aliphatic carbocycles. The van der Waals surface area contributed by atoms with Crippen molar-refractivity contribution in [2.75, 3.05) is 23.9 Å². The van der Waals surface area contributed by atoms with E-state index in [4.69, 9.17) is 15.0 Å². The molecular formula is C24H22F4N4O7S. The molecule has 0 spiro atoms. The molecule has 1 amide bonds. The van der Waals surface area contributed by atoms with Gasteiger partial charge in [-0.25, -0.2) is 12.8 Å². The van der Waals surface area contributed by atoms with Crippen LogP contribution in [-0.4, -0.2) is 60.9 Å². The lowest BCUT2D eigenvalue weighted by Gasteiger charge is -2.25. The van der Waals surface area contributed by atoms with Gasteiger partial charge in [0, 0.05) is 6.61 Å². The van der Waals surface area contributed by atoms with Gasteiger partial charge in [0.15, 0.2) is 15.4 Å². The third-order valence-electron chi connectivity index (χ3n) is 6.57. The Morgan fingerprint density at radius 3 is 2.58 bits per heavy atom. The maximum Gasteiger partial charge on any atom is 0.573 e. The number of aliphatic hydroxyl groups excluding tert-OH is 1. The van der Waals surface area contributed by atoms with Crippen molar-refractivity contribution in [2.24, 2.45) is 5.73 Å². The SMILES string of the molecule is N[C@H]1CS(=O)(=O)c2cc(F)c(-c3noc(C4(CO)CCCO4)n3)cc2N(Cc2ccc(OC(F)(F)F)cc2)C1=O. The average Bonchev–Trinajstić information content (AvgIpc) is 3.56. The number of fused-ring (bicyclic) bond motifs is 1. The normalized spacial score (nSPS) is 22.7. The highest BCUT2D eigenvalue weighted by Crippen LogP contribution is 2.39. The molecule has 0 bridgehead atoms. The number of benzene rings is 2. The van der Waals surface area contributed by atoms with E-state index in [2.05, 4.69) is 14.9 Å². The first-order chi connectivity index (χ1) is 18.8. The molecule has 16 heteroatoms. The number of alkyl halides is 3. The second-order valence-corrected chi connectivity index (χ2v) is 11.3. The van der Waals surface area contributed by atoms with Gasteiger partial charge in [-0.1, -0.05) is 17.3 Å². The van der Waals surface area contributed by atoms with E-state index in [1.165, 1.54) is 12.1 Å². The summed E-state index contributed by atoms with van der Waals surface area (Å²) < 4.78 is 93.6. The summed E-state index contributed by atoms with van der Waals surface area (Å²) in [5.74, 6) is -3.53. The van der Waals surface area contributed by atoms with Crippen molar-refractivity contribution >= 4 is 21.4 Å². The van der Waals surface area contributed by atoms with E-state index in [9.17, 15) is 31.5 Å². The predicted molar refractivity (Wildman–Crippen MR) is 128 cm³/mol. The fraction of sp³-hybridized carbons (Fsp3) is 0.375. The van der Waals surface area contributed by atoms with Crippen LogP contribution in [0.1, 0.15) is 24.3 Å². The Labute approximate surface area is 224 Å². The molecule has 40 heavy (non-hydrogen) atoms. The van der Waals surface area contributed by atoms with E-state index in [1.807, 2.05) is 0 Å². The van der Waals surface area contributed by atoms with Crippen LogP contribution in [0.5, 0.6) is 5.75 Å². The highest BCUT2D eigenvalue weighted by Gasteiger charge is 2.43. The van der Waals surface area contributed by atoms with Crippen LogP contribution in [0, 0.1) is 5.82 Å². The lowest BCUT2D eigenvalue weighted by Crippen LogP contribution is -2.45. The molecule has 2 atom stereocenters. The van der Waals surface area contributed by atoms with Crippen molar-refractivity contribution in [3.05, 3.63) is 53.7 Å². The van der Waals surface area contributed by atoms with E-state index in [0.717, 1.165) is 29.2 Å². The summed E-state index contributed by atoms with van der Waals surface area (Å²) in [6.45, 7) is -0.443. The number of nitrogens with zero attached hydrogens (tertiary/aromatic N) is 3. The van der Waals surface area contributed by atoms with Gasteiger partial charge in [0.1, 0.15) is 11.6 Å². The molecule has 2 aromatic carbocycles. The largest absolute Gasteiger partial charge is 0.573 e. The minimum absolute atomic E-state index is 0.0967. The van der Waals surface area contributed by atoms with Crippen LogP contribution in [0.4, 0.5) is 23.2 Å². The molecule has 11 nitrogen and oxygen atoms in total. The molecule has 1 saturated heterocycles. The lowest BCUT2D eigenvalue weighted by molar-refractivity contribution is -0.274. The van der Waals surface area contributed by atoms with Crippen LogP contribution >= 0.6 is 0 Å². The van der Waals surface area contributed by atoms with Crippen molar-refractivity contribution in [2.45, 2.75) is 42.3 Å². The number of sulfone groups is 1. The molecule has 3 aromatic rings. The number of aromatic nitrogens is 2. The summed E-state index contributed by atoms with van der Waals surface area (Å²) in [4.78, 5) is 17.9. The number of carbonyl (C=O) groups excluding carboxylic acids is 1. The summed E-state index contributed by atoms with van der Waals surface area (Å²) in [7, 11) is -4.25. The maximum absolute atomic E-state index is 15.3. The molecule has 3 N–H and O–H groups in total.